The SMILES string of the molecule is CCN(CC(=O)Nc1c(F)cccc1F)C(=O)C1CCC(C(C)(C)C)CC1. The molecule has 1 aliphatic carbocycles. The summed E-state index contributed by atoms with van der Waals surface area (Å²) >= 11 is 0. The van der Waals surface area contributed by atoms with E-state index in [9.17, 15) is 18.4 Å². The number of amides is 2. The number of carbonyl (C=O) groups is 2. The van der Waals surface area contributed by atoms with Gasteiger partial charge in [-0.2, -0.15) is 0 Å². The molecule has 0 spiro atoms. The van der Waals surface area contributed by atoms with Crippen LogP contribution in [0.25, 0.3) is 0 Å². The number of hydrogen-bond acceptors (Lipinski definition) is 2. The summed E-state index contributed by atoms with van der Waals surface area (Å²) in [4.78, 5) is 26.5. The van der Waals surface area contributed by atoms with E-state index >= 15 is 0 Å². The highest BCUT2D eigenvalue weighted by Crippen LogP contribution is 2.40. The predicted octanol–water partition coefficient (Wildman–Crippen LogP) is 4.60. The van der Waals surface area contributed by atoms with Crippen LogP contribution >= 0.6 is 0 Å². The van der Waals surface area contributed by atoms with Crippen LogP contribution in [0, 0.1) is 28.9 Å². The molecule has 1 fully saturated rings. The van der Waals surface area contributed by atoms with Crippen molar-refractivity contribution in [2.75, 3.05) is 18.4 Å². The highest BCUT2D eigenvalue weighted by molar-refractivity contribution is 5.95. The summed E-state index contributed by atoms with van der Waals surface area (Å²) in [7, 11) is 0. The summed E-state index contributed by atoms with van der Waals surface area (Å²) in [5.41, 5.74) is -0.237. The van der Waals surface area contributed by atoms with Gasteiger partial charge in [-0.3, -0.25) is 9.59 Å². The molecule has 0 heterocycles. The zero-order valence-corrected chi connectivity index (χ0v) is 16.6. The summed E-state index contributed by atoms with van der Waals surface area (Å²) in [6.45, 7) is 8.65. The van der Waals surface area contributed by atoms with Gasteiger partial charge in [-0.05, 0) is 56.1 Å². The van der Waals surface area contributed by atoms with Gasteiger partial charge in [0, 0.05) is 12.5 Å². The molecule has 0 bridgehead atoms. The van der Waals surface area contributed by atoms with Crippen LogP contribution in [0.5, 0.6) is 0 Å². The van der Waals surface area contributed by atoms with Crippen molar-refractivity contribution in [3.05, 3.63) is 29.8 Å². The van der Waals surface area contributed by atoms with Crippen LogP contribution in [-0.4, -0.2) is 29.8 Å². The molecule has 6 heteroatoms. The Labute approximate surface area is 160 Å². The molecule has 0 aliphatic heterocycles. The van der Waals surface area contributed by atoms with Crippen molar-refractivity contribution >= 4 is 17.5 Å². The van der Waals surface area contributed by atoms with E-state index in [0.717, 1.165) is 37.8 Å². The van der Waals surface area contributed by atoms with Crippen LogP contribution in [-0.2, 0) is 9.59 Å². The fourth-order valence-electron chi connectivity index (χ4n) is 3.78. The van der Waals surface area contributed by atoms with E-state index in [0.29, 0.717) is 12.5 Å². The van der Waals surface area contributed by atoms with E-state index in [2.05, 4.69) is 26.1 Å². The first-order valence-corrected chi connectivity index (χ1v) is 9.66. The molecule has 4 nitrogen and oxygen atoms in total. The molecule has 0 unspecified atom stereocenters. The van der Waals surface area contributed by atoms with Gasteiger partial charge >= 0.3 is 0 Å². The van der Waals surface area contributed by atoms with E-state index in [-0.39, 0.29) is 23.8 Å². The lowest BCUT2D eigenvalue weighted by molar-refractivity contribution is -0.139. The number of anilines is 1. The first-order valence-electron chi connectivity index (χ1n) is 9.66. The molecule has 27 heavy (non-hydrogen) atoms. The number of likely N-dealkylation sites (N-methyl/N-ethyl adjacent to an activating group) is 1. The maximum Gasteiger partial charge on any atom is 0.244 e. The zero-order chi connectivity index (χ0) is 20.2. The smallest absolute Gasteiger partial charge is 0.244 e. The Morgan fingerprint density at radius 3 is 2.15 bits per heavy atom. The fourth-order valence-corrected chi connectivity index (χ4v) is 3.78. The van der Waals surface area contributed by atoms with Crippen molar-refractivity contribution in [3.63, 3.8) is 0 Å². The molecular weight excluding hydrogens is 350 g/mol. The van der Waals surface area contributed by atoms with E-state index in [1.165, 1.54) is 11.0 Å². The molecule has 2 rings (SSSR count). The van der Waals surface area contributed by atoms with Gasteiger partial charge in [0.25, 0.3) is 0 Å². The van der Waals surface area contributed by atoms with Crippen molar-refractivity contribution < 1.29 is 18.4 Å². The normalized spacial score (nSPS) is 20.2. The van der Waals surface area contributed by atoms with Crippen molar-refractivity contribution in [2.24, 2.45) is 17.3 Å². The third-order valence-corrected chi connectivity index (χ3v) is 5.56. The highest BCUT2D eigenvalue weighted by Gasteiger charge is 2.34. The highest BCUT2D eigenvalue weighted by atomic mass is 19.1. The summed E-state index contributed by atoms with van der Waals surface area (Å²) in [6.07, 6.45) is 3.65. The molecule has 1 N–H and O–H groups in total. The van der Waals surface area contributed by atoms with Crippen LogP contribution in [0.1, 0.15) is 53.4 Å². The van der Waals surface area contributed by atoms with Crippen LogP contribution in [0.3, 0.4) is 0 Å². The topological polar surface area (TPSA) is 49.4 Å². The largest absolute Gasteiger partial charge is 0.333 e. The quantitative estimate of drug-likeness (QED) is 0.811. The fraction of sp³-hybridized carbons (Fsp3) is 0.619. The Hall–Kier alpha value is -1.98. The van der Waals surface area contributed by atoms with Crippen molar-refractivity contribution in [1.29, 1.82) is 0 Å². The van der Waals surface area contributed by atoms with Crippen molar-refractivity contribution in [2.45, 2.75) is 53.4 Å². The third-order valence-electron chi connectivity index (χ3n) is 5.56. The molecule has 1 aliphatic rings. The Bertz CT molecular complexity index is 657. The van der Waals surface area contributed by atoms with E-state index < -0.39 is 23.2 Å². The number of hydrogen-bond donors (Lipinski definition) is 1. The average Bonchev–Trinajstić information content (AvgIpc) is 2.61. The second-order valence-corrected chi connectivity index (χ2v) is 8.41. The van der Waals surface area contributed by atoms with E-state index in [1.54, 1.807) is 6.92 Å². The van der Waals surface area contributed by atoms with Crippen molar-refractivity contribution in [1.82, 2.24) is 4.90 Å². The number of nitrogens with one attached hydrogen (secondary N) is 1. The lowest BCUT2D eigenvalue weighted by Crippen LogP contribution is -2.42. The standard InChI is InChI=1S/C21H30F2N2O2/c1-5-25(13-18(26)24-19-16(22)7-6-8-17(19)23)20(27)14-9-11-15(12-10-14)21(2,3)4/h6-8,14-15H,5,9-13H2,1-4H3,(H,24,26). The summed E-state index contributed by atoms with van der Waals surface area (Å²) in [6, 6.07) is 3.39. The number of nitrogens with zero attached hydrogens (tertiary/aromatic N) is 1. The maximum atomic E-state index is 13.7. The van der Waals surface area contributed by atoms with E-state index in [1.807, 2.05) is 0 Å². The lowest BCUT2D eigenvalue weighted by atomic mass is 9.69. The predicted molar refractivity (Wildman–Crippen MR) is 102 cm³/mol. The zero-order valence-electron chi connectivity index (χ0n) is 16.6. The van der Waals surface area contributed by atoms with Crippen molar-refractivity contribution in [3.8, 4) is 0 Å². The lowest BCUT2D eigenvalue weighted by Gasteiger charge is -2.37. The number of rotatable bonds is 5. The monoisotopic (exact) mass is 380 g/mol. The third kappa shape index (κ3) is 5.50. The first kappa shape index (κ1) is 21.3. The van der Waals surface area contributed by atoms with Gasteiger partial charge in [-0.1, -0.05) is 26.8 Å². The van der Waals surface area contributed by atoms with Gasteiger partial charge in [0.05, 0.1) is 6.54 Å². The molecule has 1 aromatic carbocycles. The first-order chi connectivity index (χ1) is 12.6. The maximum absolute atomic E-state index is 13.7. The van der Waals surface area contributed by atoms with Gasteiger partial charge in [0.2, 0.25) is 11.8 Å². The Kier molecular flexibility index (Phi) is 6.95. The minimum Gasteiger partial charge on any atom is -0.333 e. The summed E-state index contributed by atoms with van der Waals surface area (Å²) in [5.74, 6) is -1.80. The van der Waals surface area contributed by atoms with E-state index in [4.69, 9.17) is 0 Å². The second kappa shape index (κ2) is 8.81. The molecule has 150 valence electrons. The Balaban J connectivity index is 1.94. The van der Waals surface area contributed by atoms with Gasteiger partial charge in [-0.25, -0.2) is 8.78 Å². The molecule has 0 saturated heterocycles. The van der Waals surface area contributed by atoms with Crippen LogP contribution < -0.4 is 5.32 Å². The molecular formula is C21H30F2N2O2. The van der Waals surface area contributed by atoms with Crippen LogP contribution in [0.2, 0.25) is 0 Å². The molecule has 0 atom stereocenters. The van der Waals surface area contributed by atoms with Crippen LogP contribution in [0.4, 0.5) is 14.5 Å². The minimum atomic E-state index is -0.835. The number of para-hydroxylation sites is 1. The molecule has 1 aromatic rings. The van der Waals surface area contributed by atoms with Gasteiger partial charge in [0.1, 0.15) is 17.3 Å². The van der Waals surface area contributed by atoms with Gasteiger partial charge in [0.15, 0.2) is 0 Å². The Morgan fingerprint density at radius 1 is 1.11 bits per heavy atom. The number of benzene rings is 1. The van der Waals surface area contributed by atoms with Crippen LogP contribution in [0.15, 0.2) is 18.2 Å². The molecule has 0 aromatic heterocycles. The Morgan fingerprint density at radius 2 is 1.67 bits per heavy atom. The minimum absolute atomic E-state index is 0.0472. The number of halogens is 2. The summed E-state index contributed by atoms with van der Waals surface area (Å²) in [5, 5.41) is 2.25. The van der Waals surface area contributed by atoms with Gasteiger partial charge < -0.3 is 10.2 Å². The second-order valence-electron chi connectivity index (χ2n) is 8.41. The number of carbonyl (C=O) groups excluding carboxylic acids is 2. The molecule has 1 saturated carbocycles. The summed E-state index contributed by atoms with van der Waals surface area (Å²) < 4.78 is 27.4. The molecule has 0 radical (unpaired) electrons. The molecule has 2 amide bonds. The average molecular weight is 380 g/mol. The van der Waals surface area contributed by atoms with Gasteiger partial charge in [-0.15, -0.1) is 0 Å².